The van der Waals surface area contributed by atoms with E-state index in [9.17, 15) is 19.2 Å². The molecule has 9 nitrogen and oxygen atoms in total. The number of aromatic nitrogens is 1. The molecule has 0 spiro atoms. The number of ether oxygens (including phenoxy) is 2. The zero-order valence-electron chi connectivity index (χ0n) is 20.3. The lowest BCUT2D eigenvalue weighted by atomic mass is 9.93. The number of esters is 1. The molecule has 1 N–H and O–H groups in total. The smallest absolute Gasteiger partial charge is 0.410 e. The van der Waals surface area contributed by atoms with E-state index in [0.29, 0.717) is 36.0 Å². The van der Waals surface area contributed by atoms with Crippen molar-refractivity contribution in [2.45, 2.75) is 59.1 Å². The molecule has 0 bridgehead atoms. The van der Waals surface area contributed by atoms with Gasteiger partial charge in [0.25, 0.3) is 5.56 Å². The molecule has 0 saturated carbocycles. The highest BCUT2D eigenvalue weighted by atomic mass is 16.6. The first-order valence-corrected chi connectivity index (χ1v) is 11.6. The third-order valence-electron chi connectivity index (χ3n) is 5.67. The van der Waals surface area contributed by atoms with Crippen molar-refractivity contribution in [3.05, 3.63) is 40.8 Å². The van der Waals surface area contributed by atoms with Crippen LogP contribution >= 0.6 is 0 Å². The number of hydrogen-bond donors (Lipinski definition) is 1. The van der Waals surface area contributed by atoms with Crippen molar-refractivity contribution >= 4 is 34.4 Å². The Kier molecular flexibility index (Phi) is 7.96. The SMILES string of the molecule is CC(=O)OCCn1ccc2c(NC(=O)CC3CCN(C(=O)OC(C)(C)C)CC3)cccc2c1=O. The van der Waals surface area contributed by atoms with E-state index in [1.165, 1.54) is 11.5 Å². The third-order valence-corrected chi connectivity index (χ3v) is 5.67. The molecule has 1 aliphatic heterocycles. The fourth-order valence-corrected chi connectivity index (χ4v) is 4.00. The van der Waals surface area contributed by atoms with Crippen LogP contribution in [0.25, 0.3) is 10.8 Å². The third kappa shape index (κ3) is 6.82. The number of anilines is 1. The minimum absolute atomic E-state index is 0.115. The second-order valence-corrected chi connectivity index (χ2v) is 9.58. The highest BCUT2D eigenvalue weighted by Gasteiger charge is 2.28. The largest absolute Gasteiger partial charge is 0.464 e. The van der Waals surface area contributed by atoms with Gasteiger partial charge < -0.3 is 24.3 Å². The first kappa shape index (κ1) is 25.3. The summed E-state index contributed by atoms with van der Waals surface area (Å²) in [7, 11) is 0. The highest BCUT2D eigenvalue weighted by molar-refractivity contribution is 6.01. The summed E-state index contributed by atoms with van der Waals surface area (Å²) in [5.74, 6) is -0.344. The summed E-state index contributed by atoms with van der Waals surface area (Å²) < 4.78 is 11.8. The minimum atomic E-state index is -0.530. The maximum Gasteiger partial charge on any atom is 0.410 e. The van der Waals surface area contributed by atoms with Gasteiger partial charge in [-0.25, -0.2) is 4.79 Å². The number of rotatable bonds is 6. The Morgan fingerprint density at radius 2 is 1.79 bits per heavy atom. The van der Waals surface area contributed by atoms with E-state index in [1.807, 2.05) is 20.8 Å². The van der Waals surface area contributed by atoms with E-state index in [1.54, 1.807) is 35.4 Å². The summed E-state index contributed by atoms with van der Waals surface area (Å²) >= 11 is 0. The van der Waals surface area contributed by atoms with Crippen LogP contribution in [-0.4, -0.2) is 52.7 Å². The number of nitrogens with zero attached hydrogens (tertiary/aromatic N) is 2. The fraction of sp³-hybridized carbons (Fsp3) is 0.520. The van der Waals surface area contributed by atoms with Crippen molar-refractivity contribution in [1.82, 2.24) is 9.47 Å². The van der Waals surface area contributed by atoms with Crippen LogP contribution < -0.4 is 10.9 Å². The molecule has 2 heterocycles. The molecule has 1 aromatic carbocycles. The van der Waals surface area contributed by atoms with Crippen LogP contribution in [0, 0.1) is 5.92 Å². The molecular formula is C25H33N3O6. The molecule has 2 amide bonds. The van der Waals surface area contributed by atoms with Gasteiger partial charge in [0.2, 0.25) is 5.91 Å². The number of carbonyl (C=O) groups is 3. The Labute approximate surface area is 199 Å². The highest BCUT2D eigenvalue weighted by Crippen LogP contribution is 2.25. The summed E-state index contributed by atoms with van der Waals surface area (Å²) in [4.78, 5) is 50.4. The second kappa shape index (κ2) is 10.7. The molecule has 184 valence electrons. The number of nitrogens with one attached hydrogen (secondary N) is 1. The molecule has 0 aliphatic carbocycles. The maximum atomic E-state index is 12.8. The lowest BCUT2D eigenvalue weighted by molar-refractivity contribution is -0.141. The van der Waals surface area contributed by atoms with Gasteiger partial charge in [-0.2, -0.15) is 0 Å². The van der Waals surface area contributed by atoms with Crippen LogP contribution in [-0.2, 0) is 25.6 Å². The number of fused-ring (bicyclic) bond motifs is 1. The molecule has 9 heteroatoms. The number of benzene rings is 1. The Bertz CT molecular complexity index is 1110. The quantitative estimate of drug-likeness (QED) is 0.646. The van der Waals surface area contributed by atoms with E-state index in [4.69, 9.17) is 9.47 Å². The Hall–Kier alpha value is -3.36. The van der Waals surface area contributed by atoms with Gasteiger partial charge in [0.1, 0.15) is 12.2 Å². The summed E-state index contributed by atoms with van der Waals surface area (Å²) in [5, 5.41) is 4.08. The number of likely N-dealkylation sites (tertiary alicyclic amines) is 1. The predicted octanol–water partition coefficient (Wildman–Crippen LogP) is 3.54. The predicted molar refractivity (Wildman–Crippen MR) is 129 cm³/mol. The zero-order chi connectivity index (χ0) is 24.9. The number of carbonyl (C=O) groups excluding carboxylic acids is 3. The van der Waals surface area contributed by atoms with Gasteiger partial charge in [-0.05, 0) is 57.7 Å². The van der Waals surface area contributed by atoms with Gasteiger partial charge in [-0.3, -0.25) is 14.4 Å². The molecule has 3 rings (SSSR count). The fourth-order valence-electron chi connectivity index (χ4n) is 4.00. The van der Waals surface area contributed by atoms with Crippen LogP contribution in [0.4, 0.5) is 10.5 Å². The first-order chi connectivity index (χ1) is 16.0. The molecule has 34 heavy (non-hydrogen) atoms. The average molecular weight is 472 g/mol. The van der Waals surface area contributed by atoms with E-state index in [-0.39, 0.29) is 36.6 Å². The average Bonchev–Trinajstić information content (AvgIpc) is 2.75. The van der Waals surface area contributed by atoms with Crippen molar-refractivity contribution in [2.24, 2.45) is 5.92 Å². The van der Waals surface area contributed by atoms with E-state index in [2.05, 4.69) is 5.32 Å². The zero-order valence-corrected chi connectivity index (χ0v) is 20.3. The van der Waals surface area contributed by atoms with Crippen molar-refractivity contribution in [1.29, 1.82) is 0 Å². The first-order valence-electron chi connectivity index (χ1n) is 11.6. The summed E-state index contributed by atoms with van der Waals surface area (Å²) in [5.41, 5.74) is -0.161. The lowest BCUT2D eigenvalue weighted by Gasteiger charge is -2.33. The van der Waals surface area contributed by atoms with Gasteiger partial charge in [-0.15, -0.1) is 0 Å². The molecule has 1 aromatic heterocycles. The maximum absolute atomic E-state index is 12.8. The number of piperidine rings is 1. The normalized spacial score (nSPS) is 14.6. The van der Waals surface area contributed by atoms with E-state index in [0.717, 1.165) is 12.8 Å². The van der Waals surface area contributed by atoms with Gasteiger partial charge in [0, 0.05) is 49.1 Å². The van der Waals surface area contributed by atoms with E-state index < -0.39 is 11.6 Å². The molecule has 1 saturated heterocycles. The van der Waals surface area contributed by atoms with Crippen molar-refractivity contribution < 1.29 is 23.9 Å². The molecule has 0 atom stereocenters. The molecule has 1 fully saturated rings. The molecular weight excluding hydrogens is 438 g/mol. The Morgan fingerprint density at radius 1 is 1.09 bits per heavy atom. The standard InChI is InChI=1S/C25H33N3O6/c1-17(29)33-15-14-27-13-10-19-20(23(27)31)6-5-7-21(19)26-22(30)16-18-8-11-28(12-9-18)24(32)34-25(2,3)4/h5-7,10,13,18H,8-9,11-12,14-16H2,1-4H3,(H,26,30). The van der Waals surface area contributed by atoms with Crippen molar-refractivity contribution in [3.63, 3.8) is 0 Å². The minimum Gasteiger partial charge on any atom is -0.464 e. The molecule has 0 unspecified atom stereocenters. The van der Waals surface area contributed by atoms with Crippen LogP contribution in [0.3, 0.4) is 0 Å². The number of pyridine rings is 1. The van der Waals surface area contributed by atoms with Gasteiger partial charge in [-0.1, -0.05) is 6.07 Å². The summed E-state index contributed by atoms with van der Waals surface area (Å²) in [6.07, 6.45) is 3.13. The van der Waals surface area contributed by atoms with Crippen molar-refractivity contribution in [2.75, 3.05) is 25.0 Å². The molecule has 0 radical (unpaired) electrons. The van der Waals surface area contributed by atoms with E-state index >= 15 is 0 Å². The summed E-state index contributed by atoms with van der Waals surface area (Å²) in [6, 6.07) is 6.99. The number of hydrogen-bond acceptors (Lipinski definition) is 6. The Morgan fingerprint density at radius 3 is 2.44 bits per heavy atom. The van der Waals surface area contributed by atoms with Crippen molar-refractivity contribution in [3.8, 4) is 0 Å². The van der Waals surface area contributed by atoms with Gasteiger partial charge in [0.05, 0.1) is 6.54 Å². The van der Waals surface area contributed by atoms with Gasteiger partial charge in [0.15, 0.2) is 0 Å². The molecule has 1 aliphatic rings. The number of amides is 2. The summed E-state index contributed by atoms with van der Waals surface area (Å²) in [6.45, 7) is 8.34. The second-order valence-electron chi connectivity index (χ2n) is 9.58. The topological polar surface area (TPSA) is 107 Å². The van der Waals surface area contributed by atoms with Crippen LogP contribution in [0.2, 0.25) is 0 Å². The lowest BCUT2D eigenvalue weighted by Crippen LogP contribution is -2.42. The van der Waals surface area contributed by atoms with Crippen LogP contribution in [0.15, 0.2) is 35.3 Å². The van der Waals surface area contributed by atoms with Crippen LogP contribution in [0.5, 0.6) is 0 Å². The molecule has 2 aromatic rings. The monoisotopic (exact) mass is 471 g/mol. The van der Waals surface area contributed by atoms with Crippen LogP contribution in [0.1, 0.15) is 47.0 Å². The Balaban J connectivity index is 1.59. The van der Waals surface area contributed by atoms with Gasteiger partial charge >= 0.3 is 12.1 Å².